The molecule has 0 saturated heterocycles. The Balaban J connectivity index is 3.24. The molecule has 1 rings (SSSR count). The number of benzene rings is 1. The minimum absolute atomic E-state index is 0.310. The molecule has 0 unspecified atom stereocenters. The van der Waals surface area contributed by atoms with Gasteiger partial charge in [-0.2, -0.15) is 13.2 Å². The summed E-state index contributed by atoms with van der Waals surface area (Å²) in [4.78, 5) is 0.338. The van der Waals surface area contributed by atoms with Gasteiger partial charge < -0.3 is 0 Å². The van der Waals surface area contributed by atoms with Crippen molar-refractivity contribution >= 4 is 12.6 Å². The molecule has 0 nitrogen and oxygen atoms in total. The van der Waals surface area contributed by atoms with Crippen LogP contribution < -0.4 is 0 Å². The summed E-state index contributed by atoms with van der Waals surface area (Å²) in [5.41, 5.74) is -0.271. The first kappa shape index (κ1) is 10.4. The van der Waals surface area contributed by atoms with Gasteiger partial charge in [0.1, 0.15) is 0 Å². The molecule has 0 amide bonds. The molecule has 0 heterocycles. The molecule has 13 heavy (non-hydrogen) atoms. The first-order valence-corrected chi connectivity index (χ1v) is 4.29. The van der Waals surface area contributed by atoms with Crippen molar-refractivity contribution in [3.8, 4) is 0 Å². The quantitative estimate of drug-likeness (QED) is 0.667. The van der Waals surface area contributed by atoms with E-state index in [0.29, 0.717) is 16.9 Å². The molecular formula is C9H9F3S. The van der Waals surface area contributed by atoms with E-state index >= 15 is 0 Å². The van der Waals surface area contributed by atoms with Crippen molar-refractivity contribution in [2.45, 2.75) is 24.4 Å². The third-order valence-electron chi connectivity index (χ3n) is 1.78. The van der Waals surface area contributed by atoms with E-state index < -0.39 is 11.7 Å². The normalized spacial score (nSPS) is 11.8. The highest BCUT2D eigenvalue weighted by atomic mass is 32.1. The molecule has 0 radical (unpaired) electrons. The number of alkyl halides is 3. The fourth-order valence-electron chi connectivity index (χ4n) is 1.14. The Bertz CT molecular complexity index is 304. The van der Waals surface area contributed by atoms with Crippen molar-refractivity contribution in [3.63, 3.8) is 0 Å². The third kappa shape index (κ3) is 2.40. The molecule has 0 aromatic heterocycles. The molecule has 4 heteroatoms. The van der Waals surface area contributed by atoms with Gasteiger partial charge in [0.2, 0.25) is 0 Å². The van der Waals surface area contributed by atoms with Gasteiger partial charge in [0.25, 0.3) is 0 Å². The minimum atomic E-state index is -4.27. The Labute approximate surface area is 80.2 Å². The topological polar surface area (TPSA) is 0 Å². The van der Waals surface area contributed by atoms with Gasteiger partial charge in [-0.15, -0.1) is 12.6 Å². The summed E-state index contributed by atoms with van der Waals surface area (Å²) in [6, 6.07) is 4.09. The predicted molar refractivity (Wildman–Crippen MR) is 48.1 cm³/mol. The molecule has 0 saturated carbocycles. The highest BCUT2D eigenvalue weighted by Crippen LogP contribution is 2.33. The van der Waals surface area contributed by atoms with Crippen LogP contribution in [0.4, 0.5) is 13.2 Å². The average molecular weight is 206 g/mol. The van der Waals surface area contributed by atoms with Crippen molar-refractivity contribution in [1.82, 2.24) is 0 Å². The molecule has 0 atom stereocenters. The Morgan fingerprint density at radius 2 is 1.92 bits per heavy atom. The van der Waals surface area contributed by atoms with E-state index in [1.54, 1.807) is 13.0 Å². The van der Waals surface area contributed by atoms with E-state index in [4.69, 9.17) is 0 Å². The maximum atomic E-state index is 12.4. The summed E-state index contributed by atoms with van der Waals surface area (Å²) >= 11 is 3.87. The highest BCUT2D eigenvalue weighted by molar-refractivity contribution is 7.80. The van der Waals surface area contributed by atoms with E-state index in [1.165, 1.54) is 6.07 Å². The minimum Gasteiger partial charge on any atom is -0.166 e. The Morgan fingerprint density at radius 3 is 2.38 bits per heavy atom. The average Bonchev–Trinajstić information content (AvgIpc) is 2.03. The maximum absolute atomic E-state index is 12.4. The summed E-state index contributed by atoms with van der Waals surface area (Å²) in [5, 5.41) is 0. The van der Waals surface area contributed by atoms with E-state index in [-0.39, 0.29) is 0 Å². The lowest BCUT2D eigenvalue weighted by atomic mass is 10.1. The predicted octanol–water partition coefficient (Wildman–Crippen LogP) is 3.56. The summed E-state index contributed by atoms with van der Waals surface area (Å²) in [5.74, 6) is 0. The van der Waals surface area contributed by atoms with E-state index in [9.17, 15) is 13.2 Å². The third-order valence-corrected chi connectivity index (χ3v) is 2.06. The molecule has 0 bridgehead atoms. The number of halogens is 3. The van der Waals surface area contributed by atoms with Crippen LogP contribution in [0.3, 0.4) is 0 Å². The molecule has 0 aliphatic carbocycles. The number of rotatable bonds is 1. The van der Waals surface area contributed by atoms with Gasteiger partial charge in [-0.1, -0.05) is 13.0 Å². The van der Waals surface area contributed by atoms with Crippen LogP contribution in [0.25, 0.3) is 0 Å². The van der Waals surface area contributed by atoms with Crippen molar-refractivity contribution in [3.05, 3.63) is 29.3 Å². The molecule has 0 aliphatic rings. The standard InChI is InChI=1S/C9H9F3S/c1-2-6-3-4-7(13)5-8(6)9(10,11)12/h3-5,13H,2H2,1H3. The second-order valence-electron chi connectivity index (χ2n) is 2.69. The van der Waals surface area contributed by atoms with Crippen LogP contribution in [0.2, 0.25) is 0 Å². The summed E-state index contributed by atoms with van der Waals surface area (Å²) in [6.07, 6.45) is -3.90. The largest absolute Gasteiger partial charge is 0.416 e. The van der Waals surface area contributed by atoms with Crippen LogP contribution in [0.15, 0.2) is 23.1 Å². The zero-order valence-electron chi connectivity index (χ0n) is 7.02. The smallest absolute Gasteiger partial charge is 0.166 e. The molecule has 0 fully saturated rings. The van der Waals surface area contributed by atoms with Crippen molar-refractivity contribution < 1.29 is 13.2 Å². The van der Waals surface area contributed by atoms with Gasteiger partial charge >= 0.3 is 6.18 Å². The summed E-state index contributed by atoms with van der Waals surface area (Å²) in [7, 11) is 0. The van der Waals surface area contributed by atoms with Crippen molar-refractivity contribution in [2.75, 3.05) is 0 Å². The maximum Gasteiger partial charge on any atom is 0.416 e. The molecule has 0 spiro atoms. The second-order valence-corrected chi connectivity index (χ2v) is 3.21. The zero-order valence-corrected chi connectivity index (χ0v) is 7.91. The van der Waals surface area contributed by atoms with Gasteiger partial charge in [-0.25, -0.2) is 0 Å². The van der Waals surface area contributed by atoms with Crippen LogP contribution in [-0.4, -0.2) is 0 Å². The number of hydrogen-bond acceptors (Lipinski definition) is 1. The van der Waals surface area contributed by atoms with Crippen LogP contribution >= 0.6 is 12.6 Å². The Hall–Kier alpha value is -0.640. The molecule has 1 aromatic carbocycles. The van der Waals surface area contributed by atoms with Crippen LogP contribution in [0.1, 0.15) is 18.1 Å². The second kappa shape index (κ2) is 3.62. The Kier molecular flexibility index (Phi) is 2.91. The van der Waals surface area contributed by atoms with Crippen molar-refractivity contribution in [2.24, 2.45) is 0 Å². The first-order chi connectivity index (χ1) is 5.95. The monoisotopic (exact) mass is 206 g/mol. The summed E-state index contributed by atoms with van der Waals surface area (Å²) in [6.45, 7) is 1.70. The molecular weight excluding hydrogens is 197 g/mol. The number of aryl methyl sites for hydroxylation is 1. The molecule has 72 valence electrons. The van der Waals surface area contributed by atoms with Crippen LogP contribution in [-0.2, 0) is 12.6 Å². The lowest BCUT2D eigenvalue weighted by Gasteiger charge is -2.11. The molecule has 1 aromatic rings. The van der Waals surface area contributed by atoms with E-state index in [1.807, 2.05) is 0 Å². The number of hydrogen-bond donors (Lipinski definition) is 1. The van der Waals surface area contributed by atoms with Crippen LogP contribution in [0.5, 0.6) is 0 Å². The molecule has 0 aliphatic heterocycles. The Morgan fingerprint density at radius 1 is 1.31 bits per heavy atom. The molecule has 0 N–H and O–H groups in total. The zero-order chi connectivity index (χ0) is 10.1. The lowest BCUT2D eigenvalue weighted by Crippen LogP contribution is -2.08. The fourth-order valence-corrected chi connectivity index (χ4v) is 1.34. The van der Waals surface area contributed by atoms with Gasteiger partial charge in [-0.3, -0.25) is 0 Å². The van der Waals surface area contributed by atoms with Gasteiger partial charge in [-0.05, 0) is 24.1 Å². The first-order valence-electron chi connectivity index (χ1n) is 3.84. The van der Waals surface area contributed by atoms with Crippen molar-refractivity contribution in [1.29, 1.82) is 0 Å². The fraction of sp³-hybridized carbons (Fsp3) is 0.333. The number of thiol groups is 1. The van der Waals surface area contributed by atoms with Gasteiger partial charge in [0.05, 0.1) is 5.56 Å². The van der Waals surface area contributed by atoms with Gasteiger partial charge in [0.15, 0.2) is 0 Å². The lowest BCUT2D eigenvalue weighted by molar-refractivity contribution is -0.138. The van der Waals surface area contributed by atoms with Gasteiger partial charge in [0, 0.05) is 4.90 Å². The highest BCUT2D eigenvalue weighted by Gasteiger charge is 2.32. The van der Waals surface area contributed by atoms with E-state index in [0.717, 1.165) is 6.07 Å². The van der Waals surface area contributed by atoms with Crippen LogP contribution in [0, 0.1) is 0 Å². The van der Waals surface area contributed by atoms with E-state index in [2.05, 4.69) is 12.6 Å². The SMILES string of the molecule is CCc1ccc(S)cc1C(F)(F)F. The summed E-state index contributed by atoms with van der Waals surface area (Å²) < 4.78 is 37.1.